The number of hydrogen-bond acceptors (Lipinski definition) is 2. The number of amides is 1. The summed E-state index contributed by atoms with van der Waals surface area (Å²) >= 11 is 0. The van der Waals surface area contributed by atoms with Gasteiger partial charge < -0.3 is 10.1 Å². The third-order valence-electron chi connectivity index (χ3n) is 2.36. The molecule has 0 bridgehead atoms. The lowest BCUT2D eigenvalue weighted by molar-refractivity contribution is -0.120. The summed E-state index contributed by atoms with van der Waals surface area (Å²) in [7, 11) is 1.64. The SMILES string of the molecule is C=C(C)CNC(=O)CCc1cccc(OC)c1. The topological polar surface area (TPSA) is 38.3 Å². The highest BCUT2D eigenvalue weighted by Gasteiger charge is 2.02. The van der Waals surface area contributed by atoms with Crippen molar-refractivity contribution in [3.05, 3.63) is 42.0 Å². The van der Waals surface area contributed by atoms with Crippen LogP contribution in [0, 0.1) is 0 Å². The first-order chi connectivity index (χ1) is 8.11. The van der Waals surface area contributed by atoms with Crippen LogP contribution in [0.4, 0.5) is 0 Å². The molecule has 0 saturated carbocycles. The number of methoxy groups -OCH3 is 1. The first-order valence-electron chi connectivity index (χ1n) is 5.66. The Labute approximate surface area is 102 Å². The van der Waals surface area contributed by atoms with Crippen molar-refractivity contribution in [2.24, 2.45) is 0 Å². The fourth-order valence-corrected chi connectivity index (χ4v) is 1.42. The molecule has 0 spiro atoms. The largest absolute Gasteiger partial charge is 0.497 e. The lowest BCUT2D eigenvalue weighted by atomic mass is 10.1. The molecule has 0 radical (unpaired) electrons. The Balaban J connectivity index is 2.39. The second-order valence-corrected chi connectivity index (χ2v) is 4.09. The molecule has 0 fully saturated rings. The maximum atomic E-state index is 11.5. The van der Waals surface area contributed by atoms with Crippen LogP contribution in [0.25, 0.3) is 0 Å². The van der Waals surface area contributed by atoms with E-state index >= 15 is 0 Å². The van der Waals surface area contributed by atoms with Crippen LogP contribution in [0.2, 0.25) is 0 Å². The second-order valence-electron chi connectivity index (χ2n) is 4.09. The minimum atomic E-state index is 0.0517. The van der Waals surface area contributed by atoms with E-state index in [1.165, 1.54) is 0 Å². The van der Waals surface area contributed by atoms with E-state index in [1.54, 1.807) is 7.11 Å². The highest BCUT2D eigenvalue weighted by atomic mass is 16.5. The van der Waals surface area contributed by atoms with Crippen LogP contribution in [0.5, 0.6) is 5.75 Å². The van der Waals surface area contributed by atoms with Gasteiger partial charge in [0.1, 0.15) is 5.75 Å². The lowest BCUT2D eigenvalue weighted by Crippen LogP contribution is -2.24. The summed E-state index contributed by atoms with van der Waals surface area (Å²) in [6.07, 6.45) is 1.21. The average Bonchev–Trinajstić information content (AvgIpc) is 2.34. The zero-order valence-corrected chi connectivity index (χ0v) is 10.5. The maximum absolute atomic E-state index is 11.5. The summed E-state index contributed by atoms with van der Waals surface area (Å²) in [4.78, 5) is 11.5. The van der Waals surface area contributed by atoms with Crippen LogP contribution in [-0.4, -0.2) is 19.6 Å². The number of rotatable bonds is 6. The first-order valence-corrected chi connectivity index (χ1v) is 5.66. The molecule has 0 aliphatic rings. The molecular formula is C14H19NO2. The van der Waals surface area contributed by atoms with Crippen molar-refractivity contribution in [3.63, 3.8) is 0 Å². The molecule has 3 nitrogen and oxygen atoms in total. The van der Waals surface area contributed by atoms with E-state index in [-0.39, 0.29) is 5.91 Å². The zero-order chi connectivity index (χ0) is 12.7. The molecule has 0 aliphatic carbocycles. The fraction of sp³-hybridized carbons (Fsp3) is 0.357. The van der Waals surface area contributed by atoms with Gasteiger partial charge in [-0.2, -0.15) is 0 Å². The predicted octanol–water partition coefficient (Wildman–Crippen LogP) is 2.32. The molecule has 92 valence electrons. The molecule has 0 unspecified atom stereocenters. The molecule has 0 aromatic heterocycles. The standard InChI is InChI=1S/C14H19NO2/c1-11(2)10-15-14(16)8-7-12-5-4-6-13(9-12)17-3/h4-6,9H,1,7-8,10H2,2-3H3,(H,15,16). The fourth-order valence-electron chi connectivity index (χ4n) is 1.42. The number of carbonyl (C=O) groups is 1. The monoisotopic (exact) mass is 233 g/mol. The van der Waals surface area contributed by atoms with E-state index < -0.39 is 0 Å². The summed E-state index contributed by atoms with van der Waals surface area (Å²) in [6, 6.07) is 7.77. The molecule has 3 heteroatoms. The van der Waals surface area contributed by atoms with Gasteiger partial charge in [0.05, 0.1) is 7.11 Å². The van der Waals surface area contributed by atoms with Crippen LogP contribution in [0.1, 0.15) is 18.9 Å². The first kappa shape index (κ1) is 13.3. The molecule has 1 N–H and O–H groups in total. The van der Waals surface area contributed by atoms with Gasteiger partial charge in [-0.25, -0.2) is 0 Å². The Hall–Kier alpha value is -1.77. The van der Waals surface area contributed by atoms with E-state index in [0.717, 1.165) is 23.3 Å². The molecule has 1 rings (SSSR count). The summed E-state index contributed by atoms with van der Waals surface area (Å²) in [6.45, 7) is 6.18. The maximum Gasteiger partial charge on any atom is 0.220 e. The summed E-state index contributed by atoms with van der Waals surface area (Å²) < 4.78 is 5.13. The van der Waals surface area contributed by atoms with Gasteiger partial charge in [0.15, 0.2) is 0 Å². The van der Waals surface area contributed by atoms with Crippen LogP contribution < -0.4 is 10.1 Å². The third-order valence-corrected chi connectivity index (χ3v) is 2.36. The van der Waals surface area contributed by atoms with Gasteiger partial charge in [0.25, 0.3) is 0 Å². The lowest BCUT2D eigenvalue weighted by Gasteiger charge is -2.06. The summed E-state index contributed by atoms with van der Waals surface area (Å²) in [5.41, 5.74) is 2.06. The molecule has 17 heavy (non-hydrogen) atoms. The quantitative estimate of drug-likeness (QED) is 0.766. The highest BCUT2D eigenvalue weighted by Crippen LogP contribution is 2.13. The Bertz CT molecular complexity index is 399. The van der Waals surface area contributed by atoms with Crippen molar-refractivity contribution in [1.82, 2.24) is 5.32 Å². The number of carbonyl (C=O) groups excluding carboxylic acids is 1. The van der Waals surface area contributed by atoms with Crippen molar-refractivity contribution < 1.29 is 9.53 Å². The Morgan fingerprint density at radius 3 is 2.88 bits per heavy atom. The number of benzene rings is 1. The normalized spacial score (nSPS) is 9.76. The Morgan fingerprint density at radius 2 is 2.24 bits per heavy atom. The Kier molecular flexibility index (Phi) is 5.27. The van der Waals surface area contributed by atoms with Gasteiger partial charge in [-0.05, 0) is 31.0 Å². The number of hydrogen-bond donors (Lipinski definition) is 1. The Morgan fingerprint density at radius 1 is 1.47 bits per heavy atom. The van der Waals surface area contributed by atoms with Gasteiger partial charge in [-0.15, -0.1) is 0 Å². The smallest absolute Gasteiger partial charge is 0.220 e. The number of aryl methyl sites for hydroxylation is 1. The van der Waals surface area contributed by atoms with E-state index in [2.05, 4.69) is 11.9 Å². The van der Waals surface area contributed by atoms with Crippen molar-refractivity contribution >= 4 is 5.91 Å². The number of nitrogens with one attached hydrogen (secondary N) is 1. The third kappa shape index (κ3) is 5.20. The van der Waals surface area contributed by atoms with Gasteiger partial charge in [0, 0.05) is 13.0 Å². The van der Waals surface area contributed by atoms with E-state index in [1.807, 2.05) is 31.2 Å². The summed E-state index contributed by atoms with van der Waals surface area (Å²) in [5, 5.41) is 2.81. The van der Waals surface area contributed by atoms with Crippen molar-refractivity contribution in [2.75, 3.05) is 13.7 Å². The average molecular weight is 233 g/mol. The van der Waals surface area contributed by atoms with Gasteiger partial charge in [-0.1, -0.05) is 24.3 Å². The van der Waals surface area contributed by atoms with E-state index in [9.17, 15) is 4.79 Å². The van der Waals surface area contributed by atoms with Crippen LogP contribution >= 0.6 is 0 Å². The van der Waals surface area contributed by atoms with Crippen molar-refractivity contribution in [2.45, 2.75) is 19.8 Å². The van der Waals surface area contributed by atoms with Crippen LogP contribution in [0.3, 0.4) is 0 Å². The van der Waals surface area contributed by atoms with Gasteiger partial charge >= 0.3 is 0 Å². The predicted molar refractivity (Wildman–Crippen MR) is 69.1 cm³/mol. The van der Waals surface area contributed by atoms with Crippen molar-refractivity contribution in [1.29, 1.82) is 0 Å². The van der Waals surface area contributed by atoms with E-state index in [4.69, 9.17) is 4.74 Å². The summed E-state index contributed by atoms with van der Waals surface area (Å²) in [5.74, 6) is 0.876. The molecule has 0 heterocycles. The van der Waals surface area contributed by atoms with Crippen LogP contribution in [0.15, 0.2) is 36.4 Å². The molecular weight excluding hydrogens is 214 g/mol. The molecule has 1 amide bonds. The minimum Gasteiger partial charge on any atom is -0.497 e. The highest BCUT2D eigenvalue weighted by molar-refractivity contribution is 5.76. The van der Waals surface area contributed by atoms with E-state index in [0.29, 0.717) is 13.0 Å². The zero-order valence-electron chi connectivity index (χ0n) is 10.5. The van der Waals surface area contributed by atoms with Gasteiger partial charge in [0.2, 0.25) is 5.91 Å². The molecule has 0 atom stereocenters. The van der Waals surface area contributed by atoms with Crippen LogP contribution in [-0.2, 0) is 11.2 Å². The van der Waals surface area contributed by atoms with Gasteiger partial charge in [-0.3, -0.25) is 4.79 Å². The molecule has 0 saturated heterocycles. The molecule has 0 aliphatic heterocycles. The molecule has 1 aromatic carbocycles. The van der Waals surface area contributed by atoms with Crippen molar-refractivity contribution in [3.8, 4) is 5.75 Å². The minimum absolute atomic E-state index is 0.0517. The second kappa shape index (κ2) is 6.74. The molecule has 1 aromatic rings. The number of ether oxygens (including phenoxy) is 1.